The first kappa shape index (κ1) is 32.3. The minimum atomic E-state index is -0.705. The van der Waals surface area contributed by atoms with Gasteiger partial charge in [0.15, 0.2) is 0 Å². The highest BCUT2D eigenvalue weighted by Crippen LogP contribution is 2.37. The van der Waals surface area contributed by atoms with Crippen LogP contribution in [0.5, 0.6) is 0 Å². The normalized spacial score (nSPS) is 11.8. The molecule has 0 spiro atoms. The Labute approximate surface area is 277 Å². The standard InChI is InChI=1S/C36H26BrF2N3O3S/c37-26-13-20-31(30(39)22-26)41-36(45)33(24-7-3-1-4-8-24)46-29-18-16-28(17-19-29)40-35(44)32(21-23-11-14-27(38)15-12-23)42-34(43)25-9-5-2-6-10-25/h1-22,33H,(H,40,44)(H,41,45)(H,42,43)/b32-21-. The maximum atomic E-state index is 14.5. The van der Waals surface area contributed by atoms with Crippen LogP contribution in [0.3, 0.4) is 0 Å². The fourth-order valence-corrected chi connectivity index (χ4v) is 5.67. The van der Waals surface area contributed by atoms with Gasteiger partial charge >= 0.3 is 0 Å². The van der Waals surface area contributed by atoms with Gasteiger partial charge in [0.2, 0.25) is 5.91 Å². The van der Waals surface area contributed by atoms with Gasteiger partial charge in [-0.25, -0.2) is 8.78 Å². The number of hydrogen-bond donors (Lipinski definition) is 3. The summed E-state index contributed by atoms with van der Waals surface area (Å²) in [7, 11) is 0. The molecule has 1 atom stereocenters. The highest BCUT2D eigenvalue weighted by Gasteiger charge is 2.23. The van der Waals surface area contributed by atoms with E-state index in [1.807, 2.05) is 30.3 Å². The summed E-state index contributed by atoms with van der Waals surface area (Å²) in [5.74, 6) is -2.47. The largest absolute Gasteiger partial charge is 0.322 e. The van der Waals surface area contributed by atoms with Gasteiger partial charge in [0.1, 0.15) is 22.6 Å². The van der Waals surface area contributed by atoms with Gasteiger partial charge in [-0.3, -0.25) is 14.4 Å². The number of hydrogen-bond acceptors (Lipinski definition) is 4. The van der Waals surface area contributed by atoms with Gasteiger partial charge in [-0.05, 0) is 83.9 Å². The Kier molecular flexibility index (Phi) is 10.7. The Bertz CT molecular complexity index is 1870. The van der Waals surface area contributed by atoms with E-state index in [4.69, 9.17) is 0 Å². The molecule has 0 saturated heterocycles. The lowest BCUT2D eigenvalue weighted by atomic mass is 10.1. The number of anilines is 2. The summed E-state index contributed by atoms with van der Waals surface area (Å²) in [5.41, 5.74) is 2.06. The third-order valence-corrected chi connectivity index (χ3v) is 8.36. The minimum absolute atomic E-state index is 0.0418. The maximum Gasteiger partial charge on any atom is 0.272 e. The van der Waals surface area contributed by atoms with Gasteiger partial charge < -0.3 is 16.0 Å². The molecule has 0 heterocycles. The van der Waals surface area contributed by atoms with Crippen molar-refractivity contribution in [2.45, 2.75) is 10.1 Å². The van der Waals surface area contributed by atoms with Crippen LogP contribution in [0.15, 0.2) is 142 Å². The van der Waals surface area contributed by atoms with Gasteiger partial charge in [-0.2, -0.15) is 0 Å². The number of benzene rings is 5. The molecule has 3 amide bonds. The molecule has 0 aromatic heterocycles. The van der Waals surface area contributed by atoms with E-state index in [0.717, 1.165) is 10.5 Å². The topological polar surface area (TPSA) is 87.3 Å². The average molecular weight is 699 g/mol. The van der Waals surface area contributed by atoms with E-state index >= 15 is 0 Å². The van der Waals surface area contributed by atoms with Crippen molar-refractivity contribution in [3.63, 3.8) is 0 Å². The van der Waals surface area contributed by atoms with Crippen molar-refractivity contribution in [1.82, 2.24) is 5.32 Å². The maximum absolute atomic E-state index is 14.5. The predicted molar refractivity (Wildman–Crippen MR) is 181 cm³/mol. The monoisotopic (exact) mass is 697 g/mol. The average Bonchev–Trinajstić information content (AvgIpc) is 3.07. The van der Waals surface area contributed by atoms with Gasteiger partial charge in [0.05, 0.1) is 5.69 Å². The van der Waals surface area contributed by atoms with Gasteiger partial charge in [-0.15, -0.1) is 11.8 Å². The molecule has 0 radical (unpaired) electrons. The number of carbonyl (C=O) groups excluding carboxylic acids is 3. The molecule has 0 fully saturated rings. The van der Waals surface area contributed by atoms with Crippen LogP contribution >= 0.6 is 27.7 Å². The Hall–Kier alpha value is -5.06. The molecule has 0 bridgehead atoms. The summed E-state index contributed by atoms with van der Waals surface area (Å²) in [6, 6.07) is 34.3. The van der Waals surface area contributed by atoms with E-state index in [1.165, 1.54) is 54.2 Å². The zero-order chi connectivity index (χ0) is 32.5. The van der Waals surface area contributed by atoms with Crippen LogP contribution in [-0.4, -0.2) is 17.7 Å². The summed E-state index contributed by atoms with van der Waals surface area (Å²) < 4.78 is 28.5. The van der Waals surface area contributed by atoms with E-state index < -0.39 is 34.6 Å². The van der Waals surface area contributed by atoms with Crippen molar-refractivity contribution in [2.75, 3.05) is 10.6 Å². The van der Waals surface area contributed by atoms with Crippen molar-refractivity contribution >= 4 is 62.9 Å². The Morgan fingerprint density at radius 1 is 0.739 bits per heavy atom. The second-order valence-corrected chi connectivity index (χ2v) is 12.0. The zero-order valence-corrected chi connectivity index (χ0v) is 26.4. The summed E-state index contributed by atoms with van der Waals surface area (Å²) in [4.78, 5) is 40.3. The third kappa shape index (κ3) is 8.77. The smallest absolute Gasteiger partial charge is 0.272 e. The highest BCUT2D eigenvalue weighted by atomic mass is 79.9. The molecular formula is C36H26BrF2N3O3S. The van der Waals surface area contributed by atoms with Crippen molar-refractivity contribution in [3.8, 4) is 0 Å². The van der Waals surface area contributed by atoms with E-state index in [1.54, 1.807) is 60.7 Å². The van der Waals surface area contributed by atoms with E-state index in [2.05, 4.69) is 31.9 Å². The van der Waals surface area contributed by atoms with Crippen LogP contribution in [0.2, 0.25) is 0 Å². The molecule has 5 rings (SSSR count). The summed E-state index contributed by atoms with van der Waals surface area (Å²) in [6.45, 7) is 0. The SMILES string of the molecule is O=C(Nc1ccc(SC(C(=O)Nc2ccc(Br)cc2F)c2ccccc2)cc1)/C(=C/c1ccc(F)cc1)NC(=O)c1ccccc1. The molecule has 0 aliphatic rings. The van der Waals surface area contributed by atoms with Crippen LogP contribution in [0.25, 0.3) is 6.08 Å². The van der Waals surface area contributed by atoms with E-state index in [-0.39, 0.29) is 11.4 Å². The van der Waals surface area contributed by atoms with Crippen LogP contribution in [-0.2, 0) is 9.59 Å². The lowest BCUT2D eigenvalue weighted by molar-refractivity contribution is -0.116. The molecule has 46 heavy (non-hydrogen) atoms. The molecule has 6 nitrogen and oxygen atoms in total. The van der Waals surface area contributed by atoms with Gasteiger partial charge in [0, 0.05) is 20.6 Å². The van der Waals surface area contributed by atoms with E-state index in [9.17, 15) is 23.2 Å². The molecule has 0 saturated carbocycles. The number of thioether (sulfide) groups is 1. The lowest BCUT2D eigenvalue weighted by Gasteiger charge is -2.18. The Balaban J connectivity index is 1.33. The molecule has 0 aliphatic heterocycles. The molecular weight excluding hydrogens is 672 g/mol. The second kappa shape index (κ2) is 15.3. The van der Waals surface area contributed by atoms with Crippen molar-refractivity contribution in [2.24, 2.45) is 0 Å². The first-order valence-corrected chi connectivity index (χ1v) is 15.6. The van der Waals surface area contributed by atoms with Crippen LogP contribution < -0.4 is 16.0 Å². The number of nitrogens with one attached hydrogen (secondary N) is 3. The van der Waals surface area contributed by atoms with E-state index in [0.29, 0.717) is 21.3 Å². The second-order valence-electron chi connectivity index (χ2n) is 9.93. The van der Waals surface area contributed by atoms with Crippen LogP contribution in [0, 0.1) is 11.6 Å². The fourth-order valence-electron chi connectivity index (χ4n) is 4.31. The number of carbonyl (C=O) groups is 3. The third-order valence-electron chi connectivity index (χ3n) is 6.61. The molecule has 230 valence electrons. The first-order valence-electron chi connectivity index (χ1n) is 14.0. The molecule has 3 N–H and O–H groups in total. The number of rotatable bonds is 10. The van der Waals surface area contributed by atoms with Crippen molar-refractivity contribution in [1.29, 1.82) is 0 Å². The molecule has 5 aromatic carbocycles. The van der Waals surface area contributed by atoms with Crippen molar-refractivity contribution in [3.05, 3.63) is 166 Å². The molecule has 0 aliphatic carbocycles. The Morgan fingerprint density at radius 3 is 2.04 bits per heavy atom. The molecule has 10 heteroatoms. The summed E-state index contributed by atoms with van der Waals surface area (Å²) in [5, 5.41) is 7.41. The number of halogens is 3. The van der Waals surface area contributed by atoms with Gasteiger partial charge in [-0.1, -0.05) is 76.6 Å². The summed E-state index contributed by atoms with van der Waals surface area (Å²) >= 11 is 4.49. The summed E-state index contributed by atoms with van der Waals surface area (Å²) in [6.07, 6.45) is 1.46. The first-order chi connectivity index (χ1) is 22.2. The quantitative estimate of drug-likeness (QED) is 0.101. The predicted octanol–water partition coefficient (Wildman–Crippen LogP) is 8.61. The Morgan fingerprint density at radius 2 is 1.39 bits per heavy atom. The van der Waals surface area contributed by atoms with Crippen LogP contribution in [0.4, 0.5) is 20.2 Å². The van der Waals surface area contributed by atoms with Gasteiger partial charge in [0.25, 0.3) is 11.8 Å². The van der Waals surface area contributed by atoms with Crippen LogP contribution in [0.1, 0.15) is 26.7 Å². The zero-order valence-electron chi connectivity index (χ0n) is 24.0. The molecule has 5 aromatic rings. The van der Waals surface area contributed by atoms with Crippen molar-refractivity contribution < 1.29 is 23.2 Å². The number of amides is 3. The lowest BCUT2D eigenvalue weighted by Crippen LogP contribution is -2.30. The molecule has 1 unspecified atom stereocenters. The fraction of sp³-hybridized carbons (Fsp3) is 0.0278. The minimum Gasteiger partial charge on any atom is -0.322 e. The highest BCUT2D eigenvalue weighted by molar-refractivity contribution is 9.10.